The number of nitrogens with one attached hydrogen (secondary N) is 1. The molecular formula is C16H16FNO2. The molecule has 0 fully saturated rings. The Morgan fingerprint density at radius 3 is 2.95 bits per heavy atom. The highest BCUT2D eigenvalue weighted by Gasteiger charge is 2.25. The highest BCUT2D eigenvalue weighted by molar-refractivity contribution is 5.44. The van der Waals surface area contributed by atoms with Crippen molar-refractivity contribution in [2.75, 3.05) is 6.61 Å². The molecule has 2 N–H and O–H groups in total. The average Bonchev–Trinajstić information content (AvgIpc) is 2.81. The van der Waals surface area contributed by atoms with E-state index in [1.54, 1.807) is 18.2 Å². The summed E-state index contributed by atoms with van der Waals surface area (Å²) in [6, 6.07) is 11.8. The Morgan fingerprint density at radius 1 is 1.30 bits per heavy atom. The first kappa shape index (κ1) is 12.9. The molecule has 1 aliphatic rings. The molecule has 0 saturated carbocycles. The van der Waals surface area contributed by atoms with Gasteiger partial charge in [-0.3, -0.25) is 0 Å². The van der Waals surface area contributed by atoms with Crippen molar-refractivity contribution in [3.63, 3.8) is 0 Å². The molecule has 2 atom stereocenters. The monoisotopic (exact) mass is 273 g/mol. The summed E-state index contributed by atoms with van der Waals surface area (Å²) in [5.74, 6) is 0.667. The molecule has 2 aromatic rings. The second-order valence-electron chi connectivity index (χ2n) is 5.03. The van der Waals surface area contributed by atoms with E-state index in [9.17, 15) is 9.50 Å². The number of fused-ring (bicyclic) bond motifs is 1. The zero-order valence-corrected chi connectivity index (χ0v) is 11.1. The first-order valence-electron chi connectivity index (χ1n) is 6.61. The van der Waals surface area contributed by atoms with E-state index < -0.39 is 0 Å². The van der Waals surface area contributed by atoms with Crippen LogP contribution >= 0.6 is 0 Å². The molecule has 0 spiro atoms. The zero-order chi connectivity index (χ0) is 14.1. The normalized spacial score (nSPS) is 18.4. The SMILES string of the molecule is C[C@H](NC1COc2cc(O)ccc21)c1cccc(F)c1. The van der Waals surface area contributed by atoms with Gasteiger partial charge in [0.25, 0.3) is 0 Å². The molecule has 0 radical (unpaired) electrons. The first-order valence-corrected chi connectivity index (χ1v) is 6.61. The van der Waals surface area contributed by atoms with Crippen LogP contribution < -0.4 is 10.1 Å². The summed E-state index contributed by atoms with van der Waals surface area (Å²) in [5, 5.41) is 12.9. The van der Waals surface area contributed by atoms with Gasteiger partial charge < -0.3 is 15.2 Å². The van der Waals surface area contributed by atoms with Gasteiger partial charge in [-0.1, -0.05) is 12.1 Å². The van der Waals surface area contributed by atoms with Crippen LogP contribution in [0.4, 0.5) is 4.39 Å². The van der Waals surface area contributed by atoms with Crippen molar-refractivity contribution in [3.05, 3.63) is 59.4 Å². The topological polar surface area (TPSA) is 41.5 Å². The van der Waals surface area contributed by atoms with Gasteiger partial charge in [0.1, 0.15) is 23.9 Å². The van der Waals surface area contributed by atoms with Crippen LogP contribution in [0.3, 0.4) is 0 Å². The summed E-state index contributed by atoms with van der Waals surface area (Å²) in [6.07, 6.45) is 0. The second-order valence-corrected chi connectivity index (χ2v) is 5.03. The molecule has 0 saturated heterocycles. The molecule has 1 aliphatic heterocycles. The van der Waals surface area contributed by atoms with Gasteiger partial charge in [-0.05, 0) is 36.8 Å². The molecule has 0 amide bonds. The Bertz CT molecular complexity index is 630. The maximum Gasteiger partial charge on any atom is 0.127 e. The lowest BCUT2D eigenvalue weighted by Crippen LogP contribution is -2.25. The molecule has 20 heavy (non-hydrogen) atoms. The Labute approximate surface area is 117 Å². The van der Waals surface area contributed by atoms with Crippen molar-refractivity contribution in [3.8, 4) is 11.5 Å². The Morgan fingerprint density at radius 2 is 2.15 bits per heavy atom. The van der Waals surface area contributed by atoms with Gasteiger partial charge in [0, 0.05) is 17.7 Å². The van der Waals surface area contributed by atoms with E-state index in [2.05, 4.69) is 5.32 Å². The minimum atomic E-state index is -0.232. The molecule has 0 aromatic heterocycles. The predicted octanol–water partition coefficient (Wildman–Crippen LogP) is 3.32. The van der Waals surface area contributed by atoms with E-state index in [1.807, 2.05) is 19.1 Å². The highest BCUT2D eigenvalue weighted by Crippen LogP contribution is 2.36. The standard InChI is InChI=1S/C16H16FNO2/c1-10(11-3-2-4-12(17)7-11)18-15-9-20-16-8-13(19)5-6-14(15)16/h2-8,10,15,18-19H,9H2,1H3/t10-,15?/m0/s1. The maximum absolute atomic E-state index is 13.2. The smallest absolute Gasteiger partial charge is 0.127 e. The Balaban J connectivity index is 1.77. The van der Waals surface area contributed by atoms with Crippen molar-refractivity contribution in [1.29, 1.82) is 0 Å². The van der Waals surface area contributed by atoms with Crippen LogP contribution in [-0.2, 0) is 0 Å². The summed E-state index contributed by atoms with van der Waals surface area (Å²) in [6.45, 7) is 2.51. The first-order chi connectivity index (χ1) is 9.63. The van der Waals surface area contributed by atoms with E-state index in [0.717, 1.165) is 11.1 Å². The number of halogens is 1. The molecule has 2 aromatic carbocycles. The third kappa shape index (κ3) is 2.47. The fourth-order valence-electron chi connectivity index (χ4n) is 2.51. The summed E-state index contributed by atoms with van der Waals surface area (Å²) >= 11 is 0. The number of phenolic OH excluding ortho intramolecular Hbond substituents is 1. The molecule has 3 nitrogen and oxygen atoms in total. The number of ether oxygens (including phenoxy) is 1. The third-order valence-electron chi connectivity index (χ3n) is 3.58. The molecule has 4 heteroatoms. The fourth-order valence-corrected chi connectivity index (χ4v) is 2.51. The van der Waals surface area contributed by atoms with Crippen molar-refractivity contribution < 1.29 is 14.2 Å². The van der Waals surface area contributed by atoms with E-state index >= 15 is 0 Å². The van der Waals surface area contributed by atoms with Gasteiger partial charge >= 0.3 is 0 Å². The van der Waals surface area contributed by atoms with Crippen LogP contribution in [0.5, 0.6) is 11.5 Å². The minimum absolute atomic E-state index is 0.0130. The van der Waals surface area contributed by atoms with Crippen molar-refractivity contribution in [2.45, 2.75) is 19.0 Å². The number of rotatable bonds is 3. The molecule has 0 aliphatic carbocycles. The molecule has 1 heterocycles. The Kier molecular flexibility index (Phi) is 3.32. The second kappa shape index (κ2) is 5.13. The lowest BCUT2D eigenvalue weighted by Gasteiger charge is -2.19. The van der Waals surface area contributed by atoms with Gasteiger partial charge in [-0.15, -0.1) is 0 Å². The highest BCUT2D eigenvalue weighted by atomic mass is 19.1. The van der Waals surface area contributed by atoms with Gasteiger partial charge in [0.2, 0.25) is 0 Å². The van der Waals surface area contributed by atoms with Crippen LogP contribution in [0.2, 0.25) is 0 Å². The van der Waals surface area contributed by atoms with Gasteiger partial charge in [0.15, 0.2) is 0 Å². The van der Waals surface area contributed by atoms with Crippen LogP contribution in [-0.4, -0.2) is 11.7 Å². The quantitative estimate of drug-likeness (QED) is 0.901. The summed E-state index contributed by atoms with van der Waals surface area (Å²) < 4.78 is 18.8. The van der Waals surface area contributed by atoms with Crippen LogP contribution in [0, 0.1) is 5.82 Å². The van der Waals surface area contributed by atoms with Crippen LogP contribution in [0.25, 0.3) is 0 Å². The van der Waals surface area contributed by atoms with E-state index in [4.69, 9.17) is 4.74 Å². The van der Waals surface area contributed by atoms with Crippen molar-refractivity contribution in [1.82, 2.24) is 5.32 Å². The zero-order valence-electron chi connectivity index (χ0n) is 11.1. The van der Waals surface area contributed by atoms with Crippen molar-refractivity contribution >= 4 is 0 Å². The van der Waals surface area contributed by atoms with Gasteiger partial charge in [0.05, 0.1) is 6.04 Å². The van der Waals surface area contributed by atoms with E-state index in [1.165, 1.54) is 12.1 Å². The summed E-state index contributed by atoms with van der Waals surface area (Å²) in [5.41, 5.74) is 1.92. The molecular weight excluding hydrogens is 257 g/mol. The largest absolute Gasteiger partial charge is 0.508 e. The number of benzene rings is 2. The lowest BCUT2D eigenvalue weighted by molar-refractivity contribution is 0.300. The third-order valence-corrected chi connectivity index (χ3v) is 3.58. The summed E-state index contributed by atoms with van der Waals surface area (Å²) in [4.78, 5) is 0. The minimum Gasteiger partial charge on any atom is -0.508 e. The van der Waals surface area contributed by atoms with Gasteiger partial charge in [-0.25, -0.2) is 4.39 Å². The lowest BCUT2D eigenvalue weighted by atomic mass is 10.0. The van der Waals surface area contributed by atoms with Crippen LogP contribution in [0.15, 0.2) is 42.5 Å². The Hall–Kier alpha value is -2.07. The van der Waals surface area contributed by atoms with Gasteiger partial charge in [-0.2, -0.15) is 0 Å². The van der Waals surface area contributed by atoms with E-state index in [-0.39, 0.29) is 23.7 Å². The van der Waals surface area contributed by atoms with E-state index in [0.29, 0.717) is 12.4 Å². The summed E-state index contributed by atoms with van der Waals surface area (Å²) in [7, 11) is 0. The number of hydrogen-bond acceptors (Lipinski definition) is 3. The number of aromatic hydroxyl groups is 1. The number of phenols is 1. The van der Waals surface area contributed by atoms with Crippen molar-refractivity contribution in [2.24, 2.45) is 0 Å². The molecule has 0 bridgehead atoms. The molecule has 104 valence electrons. The number of hydrogen-bond donors (Lipinski definition) is 2. The molecule has 3 rings (SSSR count). The fraction of sp³-hybridized carbons (Fsp3) is 0.250. The predicted molar refractivity (Wildman–Crippen MR) is 74.3 cm³/mol. The molecule has 1 unspecified atom stereocenters. The maximum atomic E-state index is 13.2. The van der Waals surface area contributed by atoms with Crippen LogP contribution in [0.1, 0.15) is 30.1 Å². The average molecular weight is 273 g/mol.